The summed E-state index contributed by atoms with van der Waals surface area (Å²) in [5.74, 6) is -0.199. The van der Waals surface area contributed by atoms with Gasteiger partial charge < -0.3 is 20.1 Å². The van der Waals surface area contributed by atoms with Crippen LogP contribution in [0, 0.1) is 12.8 Å². The first-order valence-electron chi connectivity index (χ1n) is 6.37. The van der Waals surface area contributed by atoms with E-state index in [1.807, 2.05) is 0 Å². The Kier molecular flexibility index (Phi) is 4.38. The molecule has 2 rings (SSSR count). The van der Waals surface area contributed by atoms with Crippen LogP contribution in [0.2, 0.25) is 0 Å². The molecule has 1 aliphatic heterocycles. The second kappa shape index (κ2) is 6.02. The van der Waals surface area contributed by atoms with E-state index in [0.29, 0.717) is 23.7 Å². The Hall–Kier alpha value is -1.33. The predicted molar refractivity (Wildman–Crippen MR) is 67.7 cm³/mol. The van der Waals surface area contributed by atoms with Crippen LogP contribution < -0.4 is 5.32 Å². The average Bonchev–Trinajstić information content (AvgIpc) is 2.94. The van der Waals surface area contributed by atoms with Crippen molar-refractivity contribution in [3.05, 3.63) is 23.0 Å². The highest BCUT2D eigenvalue weighted by Gasteiger charge is 2.15. The van der Waals surface area contributed by atoms with Crippen molar-refractivity contribution in [3.63, 3.8) is 0 Å². The van der Waals surface area contributed by atoms with Gasteiger partial charge in [0.05, 0.1) is 5.56 Å². The van der Waals surface area contributed by atoms with Gasteiger partial charge in [-0.15, -0.1) is 0 Å². The molecule has 0 radical (unpaired) electrons. The number of carboxylic acids is 1. The average molecular weight is 252 g/mol. The van der Waals surface area contributed by atoms with Crippen LogP contribution in [-0.2, 0) is 11.3 Å². The molecule has 1 aliphatic rings. The molecular formula is C13H20N2O3. The number of carbonyl (C=O) groups is 1. The zero-order valence-electron chi connectivity index (χ0n) is 10.7. The molecule has 18 heavy (non-hydrogen) atoms. The Balaban J connectivity index is 1.72. The van der Waals surface area contributed by atoms with Crippen molar-refractivity contribution in [2.75, 3.05) is 19.8 Å². The molecule has 0 spiro atoms. The summed E-state index contributed by atoms with van der Waals surface area (Å²) in [7, 11) is 0. The van der Waals surface area contributed by atoms with Gasteiger partial charge in [0.1, 0.15) is 0 Å². The lowest BCUT2D eigenvalue weighted by Gasteiger charge is -2.07. The van der Waals surface area contributed by atoms with Crippen LogP contribution in [0.5, 0.6) is 0 Å². The third-order valence-corrected chi connectivity index (χ3v) is 3.37. The number of H-pyrrole nitrogens is 1. The second-order valence-electron chi connectivity index (χ2n) is 4.83. The Morgan fingerprint density at radius 2 is 2.50 bits per heavy atom. The molecule has 5 nitrogen and oxygen atoms in total. The highest BCUT2D eigenvalue weighted by molar-refractivity contribution is 5.89. The Morgan fingerprint density at radius 3 is 3.11 bits per heavy atom. The topological polar surface area (TPSA) is 74.3 Å². The van der Waals surface area contributed by atoms with Gasteiger partial charge in [0.25, 0.3) is 0 Å². The highest BCUT2D eigenvalue weighted by Crippen LogP contribution is 2.15. The van der Waals surface area contributed by atoms with Crippen molar-refractivity contribution < 1.29 is 14.6 Å². The standard InChI is InChI=1S/C13H20N2O3/c1-9-12(13(16)17)6-11(15-9)7-14-4-2-10-3-5-18-8-10/h6,10,14-15H,2-5,7-8H2,1H3,(H,16,17). The minimum Gasteiger partial charge on any atom is -0.478 e. The summed E-state index contributed by atoms with van der Waals surface area (Å²) < 4.78 is 5.32. The van der Waals surface area contributed by atoms with E-state index in [4.69, 9.17) is 9.84 Å². The number of aromatic carboxylic acids is 1. The van der Waals surface area contributed by atoms with Crippen LogP contribution in [-0.4, -0.2) is 35.8 Å². The Bertz CT molecular complexity index is 408. The summed E-state index contributed by atoms with van der Waals surface area (Å²) >= 11 is 0. The molecule has 0 amide bonds. The summed E-state index contributed by atoms with van der Waals surface area (Å²) in [4.78, 5) is 14.0. The van der Waals surface area contributed by atoms with Gasteiger partial charge in [-0.25, -0.2) is 4.79 Å². The molecule has 1 fully saturated rings. The molecule has 0 aromatic carbocycles. The second-order valence-corrected chi connectivity index (χ2v) is 4.83. The SMILES string of the molecule is Cc1[nH]c(CNCCC2CCOC2)cc1C(=O)O. The van der Waals surface area contributed by atoms with Gasteiger partial charge in [-0.2, -0.15) is 0 Å². The van der Waals surface area contributed by atoms with E-state index >= 15 is 0 Å². The van der Waals surface area contributed by atoms with Crippen molar-refractivity contribution in [1.82, 2.24) is 10.3 Å². The maximum absolute atomic E-state index is 10.9. The minimum absolute atomic E-state index is 0.357. The largest absolute Gasteiger partial charge is 0.478 e. The number of aryl methyl sites for hydroxylation is 1. The molecule has 1 atom stereocenters. The van der Waals surface area contributed by atoms with Crippen LogP contribution in [0.1, 0.15) is 34.6 Å². The van der Waals surface area contributed by atoms with E-state index in [-0.39, 0.29) is 0 Å². The van der Waals surface area contributed by atoms with Gasteiger partial charge in [-0.1, -0.05) is 0 Å². The molecule has 5 heteroatoms. The lowest BCUT2D eigenvalue weighted by Crippen LogP contribution is -2.18. The Labute approximate surface area is 107 Å². The summed E-state index contributed by atoms with van der Waals surface area (Å²) in [5, 5.41) is 12.3. The quantitative estimate of drug-likeness (QED) is 0.671. The predicted octanol–water partition coefficient (Wildman–Crippen LogP) is 1.54. The fraction of sp³-hybridized carbons (Fsp3) is 0.615. The van der Waals surface area contributed by atoms with Crippen LogP contribution in [0.3, 0.4) is 0 Å². The summed E-state index contributed by atoms with van der Waals surface area (Å²) in [6.07, 6.45) is 2.28. The number of aromatic nitrogens is 1. The van der Waals surface area contributed by atoms with Crippen molar-refractivity contribution in [2.24, 2.45) is 5.92 Å². The molecule has 0 aliphatic carbocycles. The fourth-order valence-electron chi connectivity index (χ4n) is 2.28. The first-order chi connectivity index (χ1) is 8.66. The molecule has 1 aromatic heterocycles. The molecule has 0 bridgehead atoms. The van der Waals surface area contributed by atoms with Crippen molar-refractivity contribution in [3.8, 4) is 0 Å². The monoisotopic (exact) mass is 252 g/mol. The first kappa shape index (κ1) is 13.1. The van der Waals surface area contributed by atoms with Gasteiger partial charge in [0.15, 0.2) is 0 Å². The van der Waals surface area contributed by atoms with Crippen molar-refractivity contribution >= 4 is 5.97 Å². The van der Waals surface area contributed by atoms with E-state index in [0.717, 1.165) is 38.3 Å². The highest BCUT2D eigenvalue weighted by atomic mass is 16.5. The number of carboxylic acid groups (broad SMARTS) is 1. The van der Waals surface area contributed by atoms with Crippen LogP contribution in [0.25, 0.3) is 0 Å². The number of ether oxygens (including phenoxy) is 1. The molecule has 0 saturated carbocycles. The fourth-order valence-corrected chi connectivity index (χ4v) is 2.28. The summed E-state index contributed by atoms with van der Waals surface area (Å²) in [6.45, 7) is 5.17. The maximum Gasteiger partial charge on any atom is 0.337 e. The van der Waals surface area contributed by atoms with Crippen molar-refractivity contribution in [1.29, 1.82) is 0 Å². The molecule has 2 heterocycles. The van der Waals surface area contributed by atoms with Gasteiger partial charge in [0.2, 0.25) is 0 Å². The van der Waals surface area contributed by atoms with E-state index < -0.39 is 5.97 Å². The molecular weight excluding hydrogens is 232 g/mol. The zero-order chi connectivity index (χ0) is 13.0. The summed E-state index contributed by atoms with van der Waals surface area (Å²) in [5.41, 5.74) is 1.99. The maximum atomic E-state index is 10.9. The van der Waals surface area contributed by atoms with Crippen LogP contribution in [0.4, 0.5) is 0 Å². The van der Waals surface area contributed by atoms with E-state index in [9.17, 15) is 4.79 Å². The third kappa shape index (κ3) is 3.34. The normalized spacial score (nSPS) is 19.3. The molecule has 1 saturated heterocycles. The lowest BCUT2D eigenvalue weighted by atomic mass is 10.1. The molecule has 1 aromatic rings. The zero-order valence-corrected chi connectivity index (χ0v) is 10.7. The molecule has 3 N–H and O–H groups in total. The number of aromatic amines is 1. The number of hydrogen-bond acceptors (Lipinski definition) is 3. The molecule has 1 unspecified atom stereocenters. The van der Waals surface area contributed by atoms with E-state index in [1.165, 1.54) is 0 Å². The van der Waals surface area contributed by atoms with Crippen LogP contribution >= 0.6 is 0 Å². The van der Waals surface area contributed by atoms with Gasteiger partial charge >= 0.3 is 5.97 Å². The Morgan fingerprint density at radius 1 is 1.67 bits per heavy atom. The van der Waals surface area contributed by atoms with Crippen LogP contribution in [0.15, 0.2) is 6.07 Å². The van der Waals surface area contributed by atoms with E-state index in [2.05, 4.69) is 10.3 Å². The van der Waals surface area contributed by atoms with Crippen molar-refractivity contribution in [2.45, 2.75) is 26.3 Å². The number of hydrogen-bond donors (Lipinski definition) is 3. The van der Waals surface area contributed by atoms with Gasteiger partial charge in [-0.3, -0.25) is 0 Å². The van der Waals surface area contributed by atoms with Gasteiger partial charge in [-0.05, 0) is 38.3 Å². The van der Waals surface area contributed by atoms with Gasteiger partial charge in [0, 0.05) is 31.1 Å². The van der Waals surface area contributed by atoms with E-state index in [1.54, 1.807) is 13.0 Å². The third-order valence-electron chi connectivity index (χ3n) is 3.37. The minimum atomic E-state index is -0.877. The smallest absolute Gasteiger partial charge is 0.337 e. The molecule has 100 valence electrons. The first-order valence-corrected chi connectivity index (χ1v) is 6.37. The number of rotatable bonds is 6. The summed E-state index contributed by atoms with van der Waals surface area (Å²) in [6, 6.07) is 1.70. The lowest BCUT2D eigenvalue weighted by molar-refractivity contribution is 0.0696. The number of nitrogens with one attached hydrogen (secondary N) is 2.